The normalized spacial score (nSPS) is 27.7. The largest absolute Gasteiger partial charge is 0.481 e. The van der Waals surface area contributed by atoms with Crippen LogP contribution in [0.25, 0.3) is 0 Å². The first-order valence-corrected chi connectivity index (χ1v) is 9.03. The fraction of sp³-hybridized carbons (Fsp3) is 0.571. The van der Waals surface area contributed by atoms with Crippen molar-refractivity contribution in [1.82, 2.24) is 4.90 Å². The van der Waals surface area contributed by atoms with E-state index in [1.54, 1.807) is 0 Å². The lowest BCUT2D eigenvalue weighted by Gasteiger charge is -2.33. The number of sulfone groups is 1. The van der Waals surface area contributed by atoms with Gasteiger partial charge in [-0.1, -0.05) is 0 Å². The highest BCUT2D eigenvalue weighted by molar-refractivity contribution is 7.90. The number of hydrogen-bond acceptors (Lipinski definition) is 6. The van der Waals surface area contributed by atoms with Crippen molar-refractivity contribution in [2.45, 2.75) is 11.5 Å². The van der Waals surface area contributed by atoms with Gasteiger partial charge in [0.1, 0.15) is 0 Å². The third-order valence-corrected chi connectivity index (χ3v) is 5.53. The Morgan fingerprint density at radius 2 is 2.13 bits per heavy atom. The van der Waals surface area contributed by atoms with Gasteiger partial charge in [-0.2, -0.15) is 0 Å². The molecule has 0 unspecified atom stereocenters. The van der Waals surface area contributed by atoms with E-state index >= 15 is 0 Å². The number of hydrogen-bond donors (Lipinski definition) is 1. The molecule has 2 aliphatic heterocycles. The molecule has 3 rings (SSSR count). The van der Waals surface area contributed by atoms with Crippen LogP contribution in [0.4, 0.5) is 0 Å². The number of aliphatic carboxylic acids is 1. The zero-order valence-corrected chi connectivity index (χ0v) is 13.3. The number of carbonyl (C=O) groups is 2. The van der Waals surface area contributed by atoms with Crippen molar-refractivity contribution in [3.05, 3.63) is 17.9 Å². The summed E-state index contributed by atoms with van der Waals surface area (Å²) < 4.78 is 33.3. The molecule has 9 heteroatoms. The maximum atomic E-state index is 12.5. The first-order valence-electron chi connectivity index (χ1n) is 7.14. The number of carbonyl (C=O) groups excluding carboxylic acids is 1. The molecule has 2 fully saturated rings. The van der Waals surface area contributed by atoms with Gasteiger partial charge in [0.05, 0.1) is 12.0 Å². The van der Waals surface area contributed by atoms with Crippen molar-refractivity contribution in [3.63, 3.8) is 0 Å². The summed E-state index contributed by atoms with van der Waals surface area (Å²) in [6.45, 7) is 0.969. The number of fused-ring (bicyclic) bond motifs is 1. The maximum absolute atomic E-state index is 12.5. The molecule has 1 aromatic heterocycles. The average molecular weight is 343 g/mol. The van der Waals surface area contributed by atoms with Crippen LogP contribution in [-0.4, -0.2) is 62.9 Å². The second-order valence-corrected chi connectivity index (χ2v) is 8.01. The lowest BCUT2D eigenvalue weighted by atomic mass is 9.74. The minimum Gasteiger partial charge on any atom is -0.481 e. The number of carboxylic acid groups (broad SMARTS) is 1. The Morgan fingerprint density at radius 3 is 2.70 bits per heavy atom. The molecule has 2 saturated heterocycles. The van der Waals surface area contributed by atoms with Crippen molar-refractivity contribution < 1.29 is 32.3 Å². The molecule has 0 saturated carbocycles. The predicted octanol–water partition coefficient (Wildman–Crippen LogP) is 0.246. The van der Waals surface area contributed by atoms with E-state index in [4.69, 9.17) is 9.15 Å². The van der Waals surface area contributed by atoms with Crippen LogP contribution < -0.4 is 0 Å². The second-order valence-electron chi connectivity index (χ2n) is 6.06. The molecular formula is C14H17NO7S. The molecule has 126 valence electrons. The maximum Gasteiger partial charge on any atom is 0.311 e. The Hall–Kier alpha value is -1.87. The highest BCUT2D eigenvalue weighted by atomic mass is 32.2. The summed E-state index contributed by atoms with van der Waals surface area (Å²) in [6, 6.07) is 2.52. The summed E-state index contributed by atoms with van der Waals surface area (Å²) in [6.07, 6.45) is 1.34. The van der Waals surface area contributed by atoms with Crippen LogP contribution in [0, 0.1) is 11.3 Å². The fourth-order valence-electron chi connectivity index (χ4n) is 3.24. The van der Waals surface area contributed by atoms with Gasteiger partial charge in [-0.25, -0.2) is 8.42 Å². The fourth-order valence-corrected chi connectivity index (χ4v) is 3.80. The van der Waals surface area contributed by atoms with Crippen molar-refractivity contribution in [2.75, 3.05) is 32.6 Å². The molecule has 0 radical (unpaired) electrons. The SMILES string of the molecule is CS(=O)(=O)c1ccc(C(=O)N2C[C@H]3COCC[C@@]3(C(=O)O)C2)o1. The highest BCUT2D eigenvalue weighted by Gasteiger charge is 2.55. The summed E-state index contributed by atoms with van der Waals surface area (Å²) in [4.78, 5) is 25.6. The van der Waals surface area contributed by atoms with Gasteiger partial charge in [0.25, 0.3) is 5.91 Å². The van der Waals surface area contributed by atoms with Gasteiger partial charge in [-0.05, 0) is 18.6 Å². The van der Waals surface area contributed by atoms with E-state index in [1.807, 2.05) is 0 Å². The standard InChI is InChI=1S/C14H17NO7S/c1-23(19,20)11-3-2-10(22-11)12(16)15-6-9-7-21-5-4-14(9,8-15)13(17)18/h2-3,9H,4-8H2,1H3,(H,17,18)/t9-,14+/m0/s1. The van der Waals surface area contributed by atoms with Crippen LogP contribution in [0.2, 0.25) is 0 Å². The van der Waals surface area contributed by atoms with Crippen LogP contribution in [0.5, 0.6) is 0 Å². The number of carboxylic acids is 1. The van der Waals surface area contributed by atoms with Crippen molar-refractivity contribution in [3.8, 4) is 0 Å². The Balaban J connectivity index is 1.84. The summed E-state index contributed by atoms with van der Waals surface area (Å²) in [5.74, 6) is -1.82. The molecular weight excluding hydrogens is 326 g/mol. The Morgan fingerprint density at radius 1 is 1.39 bits per heavy atom. The Bertz CT molecular complexity index is 753. The predicted molar refractivity (Wildman–Crippen MR) is 76.7 cm³/mol. The molecule has 3 heterocycles. The number of ether oxygens (including phenoxy) is 1. The molecule has 8 nitrogen and oxygen atoms in total. The summed E-state index contributed by atoms with van der Waals surface area (Å²) in [7, 11) is -3.54. The molecule has 1 aromatic rings. The average Bonchev–Trinajstić information content (AvgIpc) is 3.11. The van der Waals surface area contributed by atoms with E-state index in [0.717, 1.165) is 6.26 Å². The molecule has 0 bridgehead atoms. The van der Waals surface area contributed by atoms with Crippen LogP contribution in [0.15, 0.2) is 21.6 Å². The highest BCUT2D eigenvalue weighted by Crippen LogP contribution is 2.42. The minimum absolute atomic E-state index is 0.0735. The number of likely N-dealkylation sites (tertiary alicyclic amines) is 1. The third kappa shape index (κ3) is 2.63. The Labute approximate surface area is 132 Å². The first-order chi connectivity index (χ1) is 10.7. The lowest BCUT2D eigenvalue weighted by molar-refractivity contribution is -0.157. The zero-order valence-electron chi connectivity index (χ0n) is 12.5. The molecule has 1 amide bonds. The van der Waals surface area contributed by atoms with Gasteiger partial charge in [0.2, 0.25) is 14.9 Å². The second kappa shape index (κ2) is 5.34. The minimum atomic E-state index is -3.54. The monoisotopic (exact) mass is 343 g/mol. The van der Waals surface area contributed by atoms with E-state index in [0.29, 0.717) is 19.6 Å². The lowest BCUT2D eigenvalue weighted by Crippen LogP contribution is -2.45. The molecule has 2 aliphatic rings. The third-order valence-electron chi connectivity index (χ3n) is 4.58. The first kappa shape index (κ1) is 16.0. The van der Waals surface area contributed by atoms with E-state index < -0.39 is 27.1 Å². The smallest absolute Gasteiger partial charge is 0.311 e. The molecule has 0 aliphatic carbocycles. The van der Waals surface area contributed by atoms with Crippen LogP contribution in [-0.2, 0) is 19.4 Å². The molecule has 0 spiro atoms. The van der Waals surface area contributed by atoms with Crippen LogP contribution in [0.1, 0.15) is 17.0 Å². The van der Waals surface area contributed by atoms with Gasteiger partial charge in [0, 0.05) is 31.9 Å². The molecule has 23 heavy (non-hydrogen) atoms. The van der Waals surface area contributed by atoms with E-state index in [2.05, 4.69) is 0 Å². The number of furan rings is 1. The van der Waals surface area contributed by atoms with Crippen molar-refractivity contribution in [2.24, 2.45) is 11.3 Å². The summed E-state index contributed by atoms with van der Waals surface area (Å²) in [5, 5.41) is 9.30. The van der Waals surface area contributed by atoms with E-state index in [-0.39, 0.29) is 29.9 Å². The number of amides is 1. The number of nitrogens with zero attached hydrogens (tertiary/aromatic N) is 1. The topological polar surface area (TPSA) is 114 Å². The van der Waals surface area contributed by atoms with Crippen molar-refractivity contribution >= 4 is 21.7 Å². The van der Waals surface area contributed by atoms with E-state index in [9.17, 15) is 23.1 Å². The van der Waals surface area contributed by atoms with Crippen LogP contribution in [0.3, 0.4) is 0 Å². The van der Waals surface area contributed by atoms with Gasteiger partial charge in [-0.15, -0.1) is 0 Å². The summed E-state index contributed by atoms with van der Waals surface area (Å²) >= 11 is 0. The van der Waals surface area contributed by atoms with Gasteiger partial charge < -0.3 is 19.2 Å². The van der Waals surface area contributed by atoms with E-state index in [1.165, 1.54) is 17.0 Å². The van der Waals surface area contributed by atoms with Gasteiger partial charge in [0.15, 0.2) is 5.76 Å². The van der Waals surface area contributed by atoms with Gasteiger partial charge in [-0.3, -0.25) is 9.59 Å². The van der Waals surface area contributed by atoms with Crippen molar-refractivity contribution in [1.29, 1.82) is 0 Å². The summed E-state index contributed by atoms with van der Waals surface area (Å²) in [5.41, 5.74) is -1.000. The number of rotatable bonds is 3. The quantitative estimate of drug-likeness (QED) is 0.836. The Kier molecular flexibility index (Phi) is 3.72. The zero-order chi connectivity index (χ0) is 16.8. The van der Waals surface area contributed by atoms with Gasteiger partial charge >= 0.3 is 5.97 Å². The molecule has 1 N–H and O–H groups in total. The van der Waals surface area contributed by atoms with Crippen LogP contribution >= 0.6 is 0 Å². The molecule has 2 atom stereocenters. The molecule has 0 aromatic carbocycles.